The Balaban J connectivity index is 2.76. The summed E-state index contributed by atoms with van der Waals surface area (Å²) < 4.78 is 14.8. The molecule has 0 saturated carbocycles. The Kier molecular flexibility index (Phi) is 5.11. The Morgan fingerprint density at radius 2 is 1.89 bits per heavy atom. The normalized spacial score (nSPS) is 12.3. The van der Waals surface area contributed by atoms with Crippen molar-refractivity contribution in [2.24, 2.45) is 5.41 Å². The summed E-state index contributed by atoms with van der Waals surface area (Å²) in [6.45, 7) is 8.95. The van der Waals surface area contributed by atoms with Crippen LogP contribution in [0.5, 0.6) is 0 Å². The molecular formula is C15H20BrFN2. The van der Waals surface area contributed by atoms with Gasteiger partial charge in [0.05, 0.1) is 11.5 Å². The summed E-state index contributed by atoms with van der Waals surface area (Å²) >= 11 is 3.37. The first-order valence-corrected chi connectivity index (χ1v) is 7.05. The first kappa shape index (κ1) is 16.1. The monoisotopic (exact) mass is 326 g/mol. The SMILES string of the molecule is CC(C)(C#N)CNCC(C)(C)c1cc(Br)ccc1F. The van der Waals surface area contributed by atoms with E-state index in [9.17, 15) is 4.39 Å². The summed E-state index contributed by atoms with van der Waals surface area (Å²) in [5.74, 6) is -0.199. The lowest BCUT2D eigenvalue weighted by atomic mass is 9.83. The Morgan fingerprint density at radius 1 is 1.26 bits per heavy atom. The van der Waals surface area contributed by atoms with Crippen molar-refractivity contribution in [3.8, 4) is 6.07 Å². The lowest BCUT2D eigenvalue weighted by Crippen LogP contribution is -2.38. The van der Waals surface area contributed by atoms with Crippen LogP contribution in [0.1, 0.15) is 33.3 Å². The van der Waals surface area contributed by atoms with Crippen molar-refractivity contribution in [2.75, 3.05) is 13.1 Å². The largest absolute Gasteiger partial charge is 0.314 e. The summed E-state index contributed by atoms with van der Waals surface area (Å²) in [7, 11) is 0. The first-order chi connectivity index (χ1) is 8.68. The molecule has 1 aromatic carbocycles. The first-order valence-electron chi connectivity index (χ1n) is 6.25. The number of hydrogen-bond donors (Lipinski definition) is 1. The maximum absolute atomic E-state index is 13.9. The fraction of sp³-hybridized carbons (Fsp3) is 0.533. The van der Waals surface area contributed by atoms with E-state index in [0.717, 1.165) is 4.47 Å². The predicted octanol–water partition coefficient (Wildman–Crippen LogP) is 4.01. The van der Waals surface area contributed by atoms with Crippen molar-refractivity contribution >= 4 is 15.9 Å². The molecule has 0 saturated heterocycles. The average molecular weight is 327 g/mol. The highest BCUT2D eigenvalue weighted by Gasteiger charge is 2.25. The van der Waals surface area contributed by atoms with E-state index in [1.807, 2.05) is 33.8 Å². The number of halogens is 2. The molecule has 0 fully saturated rings. The Labute approximate surface area is 123 Å². The topological polar surface area (TPSA) is 35.8 Å². The third-order valence-electron chi connectivity index (χ3n) is 3.09. The van der Waals surface area contributed by atoms with Gasteiger partial charge in [-0.25, -0.2) is 4.39 Å². The third kappa shape index (κ3) is 4.59. The molecule has 0 aliphatic carbocycles. The van der Waals surface area contributed by atoms with Gasteiger partial charge < -0.3 is 5.32 Å². The van der Waals surface area contributed by atoms with E-state index in [4.69, 9.17) is 5.26 Å². The van der Waals surface area contributed by atoms with Gasteiger partial charge in [0.25, 0.3) is 0 Å². The summed E-state index contributed by atoms with van der Waals surface area (Å²) in [5, 5.41) is 12.2. The second-order valence-corrected chi connectivity index (χ2v) is 7.02. The number of hydrogen-bond acceptors (Lipinski definition) is 2. The molecule has 0 amide bonds. The molecule has 0 aliphatic heterocycles. The van der Waals surface area contributed by atoms with Crippen molar-refractivity contribution in [3.05, 3.63) is 34.1 Å². The van der Waals surface area contributed by atoms with E-state index in [2.05, 4.69) is 27.3 Å². The minimum Gasteiger partial charge on any atom is -0.314 e. The maximum Gasteiger partial charge on any atom is 0.127 e. The van der Waals surface area contributed by atoms with Gasteiger partial charge in [-0.05, 0) is 37.6 Å². The molecule has 2 nitrogen and oxygen atoms in total. The van der Waals surface area contributed by atoms with Gasteiger partial charge in [0, 0.05) is 23.0 Å². The summed E-state index contributed by atoms with van der Waals surface area (Å²) in [6.07, 6.45) is 0. The van der Waals surface area contributed by atoms with Gasteiger partial charge in [0.1, 0.15) is 5.82 Å². The number of rotatable bonds is 5. The van der Waals surface area contributed by atoms with E-state index in [1.165, 1.54) is 6.07 Å². The number of nitriles is 1. The van der Waals surface area contributed by atoms with Crippen molar-refractivity contribution in [3.63, 3.8) is 0 Å². The van der Waals surface area contributed by atoms with Crippen LogP contribution in [0.25, 0.3) is 0 Å². The van der Waals surface area contributed by atoms with Crippen molar-refractivity contribution in [1.29, 1.82) is 5.26 Å². The van der Waals surface area contributed by atoms with Gasteiger partial charge in [-0.1, -0.05) is 29.8 Å². The highest BCUT2D eigenvalue weighted by atomic mass is 79.9. The van der Waals surface area contributed by atoms with Crippen molar-refractivity contribution < 1.29 is 4.39 Å². The summed E-state index contributed by atoms with van der Waals surface area (Å²) in [4.78, 5) is 0. The minimum absolute atomic E-state index is 0.199. The van der Waals surface area contributed by atoms with E-state index in [-0.39, 0.29) is 11.2 Å². The van der Waals surface area contributed by atoms with E-state index in [1.54, 1.807) is 6.07 Å². The lowest BCUT2D eigenvalue weighted by molar-refractivity contribution is 0.389. The Morgan fingerprint density at radius 3 is 2.47 bits per heavy atom. The standard InChI is InChI=1S/C15H20BrFN2/c1-14(2,8-18)9-19-10-15(3,4)12-7-11(16)5-6-13(12)17/h5-7,19H,9-10H2,1-4H3. The average Bonchev–Trinajstić information content (AvgIpc) is 2.31. The second-order valence-electron chi connectivity index (χ2n) is 6.11. The van der Waals surface area contributed by atoms with Crippen LogP contribution in [0.15, 0.2) is 22.7 Å². The van der Waals surface area contributed by atoms with Crippen LogP contribution in [0.2, 0.25) is 0 Å². The summed E-state index contributed by atoms with van der Waals surface area (Å²) in [5.41, 5.74) is -0.0742. The van der Waals surface area contributed by atoms with E-state index < -0.39 is 5.41 Å². The molecule has 1 aromatic rings. The molecule has 1 N–H and O–H groups in total. The van der Waals surface area contributed by atoms with E-state index >= 15 is 0 Å². The molecule has 0 radical (unpaired) electrons. The number of nitrogens with one attached hydrogen (secondary N) is 1. The smallest absolute Gasteiger partial charge is 0.127 e. The van der Waals surface area contributed by atoms with Gasteiger partial charge in [-0.15, -0.1) is 0 Å². The fourth-order valence-corrected chi connectivity index (χ4v) is 2.20. The highest BCUT2D eigenvalue weighted by molar-refractivity contribution is 9.10. The molecule has 19 heavy (non-hydrogen) atoms. The zero-order valence-electron chi connectivity index (χ0n) is 11.8. The van der Waals surface area contributed by atoms with Crippen LogP contribution in [-0.4, -0.2) is 13.1 Å². The van der Waals surface area contributed by atoms with Crippen LogP contribution < -0.4 is 5.32 Å². The minimum atomic E-state index is -0.411. The summed E-state index contributed by atoms with van der Waals surface area (Å²) in [6, 6.07) is 7.22. The second kappa shape index (κ2) is 6.02. The molecule has 0 spiro atoms. The highest BCUT2D eigenvalue weighted by Crippen LogP contribution is 2.28. The molecule has 1 rings (SSSR count). The van der Waals surface area contributed by atoms with Crippen LogP contribution >= 0.6 is 15.9 Å². The Hall–Kier alpha value is -0.920. The molecule has 104 valence electrons. The van der Waals surface area contributed by atoms with Gasteiger partial charge in [-0.3, -0.25) is 0 Å². The van der Waals surface area contributed by atoms with Crippen molar-refractivity contribution in [2.45, 2.75) is 33.1 Å². The van der Waals surface area contributed by atoms with Crippen molar-refractivity contribution in [1.82, 2.24) is 5.32 Å². The third-order valence-corrected chi connectivity index (χ3v) is 3.59. The fourth-order valence-electron chi connectivity index (χ4n) is 1.84. The number of benzene rings is 1. The van der Waals surface area contributed by atoms with Crippen LogP contribution in [0.4, 0.5) is 4.39 Å². The van der Waals surface area contributed by atoms with Crippen LogP contribution in [0, 0.1) is 22.6 Å². The molecule has 0 heterocycles. The molecule has 0 aliphatic rings. The van der Waals surface area contributed by atoms with Crippen LogP contribution in [-0.2, 0) is 5.41 Å². The van der Waals surface area contributed by atoms with Gasteiger partial charge >= 0.3 is 0 Å². The number of nitrogens with zero attached hydrogens (tertiary/aromatic N) is 1. The van der Waals surface area contributed by atoms with Gasteiger partial charge in [0.15, 0.2) is 0 Å². The zero-order chi connectivity index (χ0) is 14.7. The predicted molar refractivity (Wildman–Crippen MR) is 79.4 cm³/mol. The molecule has 0 bridgehead atoms. The lowest BCUT2D eigenvalue weighted by Gasteiger charge is -2.28. The van der Waals surface area contributed by atoms with Crippen LogP contribution in [0.3, 0.4) is 0 Å². The van der Waals surface area contributed by atoms with Gasteiger partial charge in [0.2, 0.25) is 0 Å². The molecule has 4 heteroatoms. The van der Waals surface area contributed by atoms with E-state index in [0.29, 0.717) is 18.7 Å². The molecule has 0 atom stereocenters. The molecular weight excluding hydrogens is 307 g/mol. The molecule has 0 unspecified atom stereocenters. The Bertz CT molecular complexity index is 489. The maximum atomic E-state index is 13.9. The quantitative estimate of drug-likeness (QED) is 0.887. The van der Waals surface area contributed by atoms with Gasteiger partial charge in [-0.2, -0.15) is 5.26 Å². The molecule has 0 aromatic heterocycles. The zero-order valence-corrected chi connectivity index (χ0v) is 13.4.